The molecule has 33 heavy (non-hydrogen) atoms. The minimum absolute atomic E-state index is 0.0135. The van der Waals surface area contributed by atoms with E-state index < -0.39 is 11.8 Å². The molecule has 0 unspecified atom stereocenters. The molecule has 2 aromatic rings. The van der Waals surface area contributed by atoms with E-state index >= 15 is 0 Å². The summed E-state index contributed by atoms with van der Waals surface area (Å²) in [7, 11) is 0. The van der Waals surface area contributed by atoms with Crippen LogP contribution in [-0.2, 0) is 4.79 Å². The van der Waals surface area contributed by atoms with E-state index in [4.69, 9.17) is 14.7 Å². The van der Waals surface area contributed by atoms with Crippen LogP contribution in [0, 0.1) is 29.0 Å². The number of benzene rings is 2. The van der Waals surface area contributed by atoms with Gasteiger partial charge in [-0.2, -0.15) is 5.26 Å². The molecule has 0 atom stereocenters. The number of esters is 2. The molecule has 3 rings (SSSR count). The molecule has 6 heteroatoms. The predicted molar refractivity (Wildman–Crippen MR) is 122 cm³/mol. The number of nitrogens with zero attached hydrogens (tertiary/aromatic N) is 1. The monoisotopic (exact) mass is 451 g/mol. The van der Waals surface area contributed by atoms with Gasteiger partial charge < -0.3 is 9.47 Å². The summed E-state index contributed by atoms with van der Waals surface area (Å²) in [5.74, 6) is -0.493. The Morgan fingerprint density at radius 1 is 1.00 bits per heavy atom. The van der Waals surface area contributed by atoms with Crippen LogP contribution >= 0.6 is 0 Å². The molecule has 0 aliphatic heterocycles. The fourth-order valence-electron chi connectivity index (χ4n) is 4.24. The molecular weight excluding hydrogens is 421 g/mol. The van der Waals surface area contributed by atoms with E-state index in [1.165, 1.54) is 50.3 Å². The van der Waals surface area contributed by atoms with Crippen molar-refractivity contribution in [3.63, 3.8) is 0 Å². The average Bonchev–Trinajstić information content (AvgIpc) is 2.83. The number of carbonyl (C=O) groups is 2. The van der Waals surface area contributed by atoms with Crippen molar-refractivity contribution in [2.45, 2.75) is 64.7 Å². The summed E-state index contributed by atoms with van der Waals surface area (Å²) in [5, 5.41) is 9.07. The van der Waals surface area contributed by atoms with E-state index in [0.717, 1.165) is 43.7 Å². The van der Waals surface area contributed by atoms with Crippen LogP contribution < -0.4 is 9.47 Å². The molecule has 0 N–H and O–H groups in total. The Hall–Kier alpha value is -3.20. The van der Waals surface area contributed by atoms with Gasteiger partial charge in [0, 0.05) is 0 Å². The van der Waals surface area contributed by atoms with Crippen molar-refractivity contribution in [1.29, 1.82) is 5.26 Å². The van der Waals surface area contributed by atoms with E-state index in [1.807, 2.05) is 0 Å². The van der Waals surface area contributed by atoms with Crippen LogP contribution in [-0.4, -0.2) is 11.9 Å². The zero-order chi connectivity index (χ0) is 23.6. The Kier molecular flexibility index (Phi) is 9.00. The highest BCUT2D eigenvalue weighted by molar-refractivity contribution is 5.91. The number of halogens is 1. The number of nitriles is 1. The first-order valence-electron chi connectivity index (χ1n) is 11.7. The third kappa shape index (κ3) is 7.15. The third-order valence-electron chi connectivity index (χ3n) is 6.22. The summed E-state index contributed by atoms with van der Waals surface area (Å²) in [6.07, 6.45) is 10.2. The van der Waals surface area contributed by atoms with E-state index in [1.54, 1.807) is 18.2 Å². The number of carbonyl (C=O) groups excluding carboxylic acids is 2. The highest BCUT2D eigenvalue weighted by Gasteiger charge is 2.27. The maximum absolute atomic E-state index is 13.2. The molecule has 0 aromatic heterocycles. The van der Waals surface area contributed by atoms with Crippen LogP contribution in [0.2, 0.25) is 0 Å². The van der Waals surface area contributed by atoms with Crippen LogP contribution in [0.4, 0.5) is 4.39 Å². The first kappa shape index (κ1) is 24.4. The Morgan fingerprint density at radius 2 is 1.73 bits per heavy atom. The number of hydrogen-bond donors (Lipinski definition) is 0. The minimum atomic E-state index is -0.687. The summed E-state index contributed by atoms with van der Waals surface area (Å²) in [4.78, 5) is 24.9. The quantitative estimate of drug-likeness (QED) is 0.244. The van der Waals surface area contributed by atoms with Crippen LogP contribution in [0.5, 0.6) is 11.5 Å². The van der Waals surface area contributed by atoms with Crippen molar-refractivity contribution in [1.82, 2.24) is 0 Å². The van der Waals surface area contributed by atoms with Crippen LogP contribution in [0.15, 0.2) is 42.5 Å². The first-order valence-corrected chi connectivity index (χ1v) is 11.7. The normalized spacial score (nSPS) is 17.7. The number of hydrogen-bond acceptors (Lipinski definition) is 5. The smallest absolute Gasteiger partial charge is 0.343 e. The van der Waals surface area contributed by atoms with E-state index in [0.29, 0.717) is 5.75 Å². The number of rotatable bonds is 9. The summed E-state index contributed by atoms with van der Waals surface area (Å²) >= 11 is 0. The van der Waals surface area contributed by atoms with E-state index in [2.05, 4.69) is 6.92 Å². The van der Waals surface area contributed by atoms with E-state index in [9.17, 15) is 14.0 Å². The third-order valence-corrected chi connectivity index (χ3v) is 6.22. The van der Waals surface area contributed by atoms with Gasteiger partial charge in [-0.1, -0.05) is 39.0 Å². The van der Waals surface area contributed by atoms with Gasteiger partial charge in [-0.05, 0) is 74.1 Å². The summed E-state index contributed by atoms with van der Waals surface area (Å²) in [6.45, 7) is 2.22. The molecule has 0 spiro atoms. The predicted octanol–water partition coefficient (Wildman–Crippen LogP) is 6.60. The van der Waals surface area contributed by atoms with Crippen molar-refractivity contribution < 1.29 is 23.5 Å². The first-order chi connectivity index (χ1) is 16.0. The van der Waals surface area contributed by atoms with Gasteiger partial charge in [0.1, 0.15) is 23.4 Å². The number of ether oxygens (including phenoxy) is 2. The SMILES string of the molecule is CCCCCCC1CCC(C(=O)Oc2ccc(C(=O)Oc3ccc(F)cc3C#N)cc2)CC1. The largest absolute Gasteiger partial charge is 0.426 e. The fourth-order valence-corrected chi connectivity index (χ4v) is 4.24. The average molecular weight is 452 g/mol. The molecule has 0 amide bonds. The van der Waals surface area contributed by atoms with Crippen molar-refractivity contribution in [3.8, 4) is 17.6 Å². The lowest BCUT2D eigenvalue weighted by molar-refractivity contribution is -0.140. The molecule has 1 aliphatic carbocycles. The Bertz CT molecular complexity index is 988. The summed E-state index contributed by atoms with van der Waals surface area (Å²) in [5.41, 5.74) is 0.163. The topological polar surface area (TPSA) is 76.4 Å². The van der Waals surface area contributed by atoms with E-state index in [-0.39, 0.29) is 28.8 Å². The van der Waals surface area contributed by atoms with Gasteiger partial charge in [-0.15, -0.1) is 0 Å². The molecule has 5 nitrogen and oxygen atoms in total. The molecule has 0 radical (unpaired) electrons. The lowest BCUT2D eigenvalue weighted by Gasteiger charge is -2.27. The molecule has 0 bridgehead atoms. The van der Waals surface area contributed by atoms with Crippen LogP contribution in [0.1, 0.15) is 80.6 Å². The van der Waals surface area contributed by atoms with Crippen LogP contribution in [0.25, 0.3) is 0 Å². The molecule has 2 aromatic carbocycles. The lowest BCUT2D eigenvalue weighted by atomic mass is 9.80. The Balaban J connectivity index is 1.48. The maximum atomic E-state index is 13.2. The summed E-state index contributed by atoms with van der Waals surface area (Å²) in [6, 6.07) is 11.2. The van der Waals surface area contributed by atoms with Crippen molar-refractivity contribution in [2.24, 2.45) is 11.8 Å². The molecule has 0 saturated heterocycles. The second-order valence-corrected chi connectivity index (χ2v) is 8.65. The zero-order valence-electron chi connectivity index (χ0n) is 19.0. The minimum Gasteiger partial charge on any atom is -0.426 e. The Morgan fingerprint density at radius 3 is 2.39 bits per heavy atom. The fraction of sp³-hybridized carbons (Fsp3) is 0.444. The molecular formula is C27H30FNO4. The van der Waals surface area contributed by atoms with Gasteiger partial charge in [0.15, 0.2) is 0 Å². The number of unbranched alkanes of at least 4 members (excludes halogenated alkanes) is 3. The second kappa shape index (κ2) is 12.2. The molecule has 1 aliphatic rings. The van der Waals surface area contributed by atoms with Gasteiger partial charge in [0.05, 0.1) is 17.0 Å². The second-order valence-electron chi connectivity index (χ2n) is 8.65. The molecule has 174 valence electrons. The van der Waals surface area contributed by atoms with Gasteiger partial charge in [0.25, 0.3) is 0 Å². The molecule has 1 saturated carbocycles. The van der Waals surface area contributed by atoms with Gasteiger partial charge in [-0.25, -0.2) is 9.18 Å². The standard InChI is InChI=1S/C27H30FNO4/c1-2-3-4-5-6-19-7-9-20(10-8-19)26(30)32-24-14-11-21(12-15-24)27(31)33-25-16-13-23(28)17-22(25)18-29/h11-17,19-20H,2-10H2,1H3. The maximum Gasteiger partial charge on any atom is 0.343 e. The summed E-state index contributed by atoms with van der Waals surface area (Å²) < 4.78 is 24.0. The Labute approximate surface area is 194 Å². The highest BCUT2D eigenvalue weighted by atomic mass is 19.1. The lowest BCUT2D eigenvalue weighted by Crippen LogP contribution is -2.25. The van der Waals surface area contributed by atoms with Gasteiger partial charge >= 0.3 is 11.9 Å². The zero-order valence-corrected chi connectivity index (χ0v) is 19.0. The van der Waals surface area contributed by atoms with Gasteiger partial charge in [-0.3, -0.25) is 4.79 Å². The van der Waals surface area contributed by atoms with Crippen molar-refractivity contribution >= 4 is 11.9 Å². The van der Waals surface area contributed by atoms with Crippen molar-refractivity contribution in [3.05, 3.63) is 59.4 Å². The molecule has 0 heterocycles. The van der Waals surface area contributed by atoms with Crippen LogP contribution in [0.3, 0.4) is 0 Å². The molecule has 1 fully saturated rings. The van der Waals surface area contributed by atoms with Gasteiger partial charge in [0.2, 0.25) is 0 Å². The highest BCUT2D eigenvalue weighted by Crippen LogP contribution is 2.33. The van der Waals surface area contributed by atoms with Crippen molar-refractivity contribution in [2.75, 3.05) is 0 Å².